The number of hydrogen-bond donors (Lipinski definition) is 2. The van der Waals surface area contributed by atoms with Gasteiger partial charge in [-0.05, 0) is 55.7 Å². The summed E-state index contributed by atoms with van der Waals surface area (Å²) in [5.74, 6) is 1.54. The monoisotopic (exact) mass is 318 g/mol. The molecule has 1 aromatic rings. The minimum absolute atomic E-state index is 0.00426. The number of phenolic OH excluding ortho intramolecular Hbond substituents is 1. The molecule has 0 unspecified atom stereocenters. The molecule has 0 aliphatic carbocycles. The summed E-state index contributed by atoms with van der Waals surface area (Å²) in [7, 11) is 0. The van der Waals surface area contributed by atoms with Gasteiger partial charge in [0.2, 0.25) is 0 Å². The molecule has 0 radical (unpaired) electrons. The lowest BCUT2D eigenvalue weighted by molar-refractivity contribution is 0.0484. The normalized spacial score (nSPS) is 23.7. The van der Waals surface area contributed by atoms with Crippen molar-refractivity contribution >= 4 is 6.03 Å². The third kappa shape index (κ3) is 3.96. The van der Waals surface area contributed by atoms with Gasteiger partial charge in [0, 0.05) is 26.3 Å². The second-order valence-corrected chi connectivity index (χ2v) is 6.71. The van der Waals surface area contributed by atoms with Crippen LogP contribution in [0, 0.1) is 11.8 Å². The Bertz CT molecular complexity index is 543. The first-order valence-electron chi connectivity index (χ1n) is 8.55. The lowest BCUT2D eigenvalue weighted by Gasteiger charge is -2.28. The highest BCUT2D eigenvalue weighted by atomic mass is 16.5. The number of amides is 2. The summed E-state index contributed by atoms with van der Waals surface area (Å²) in [6.07, 6.45) is 3.35. The highest BCUT2D eigenvalue weighted by Crippen LogP contribution is 2.31. The van der Waals surface area contributed by atoms with Crippen LogP contribution < -0.4 is 5.32 Å². The Hall–Kier alpha value is -1.75. The Morgan fingerprint density at radius 1 is 1.30 bits per heavy atom. The summed E-state index contributed by atoms with van der Waals surface area (Å²) in [6.45, 7) is 5.35. The zero-order valence-electron chi connectivity index (χ0n) is 13.7. The number of rotatable bonds is 3. The van der Waals surface area contributed by atoms with E-state index in [1.807, 2.05) is 17.9 Å². The van der Waals surface area contributed by atoms with Gasteiger partial charge >= 0.3 is 6.03 Å². The van der Waals surface area contributed by atoms with Crippen LogP contribution in [-0.2, 0) is 4.74 Å². The van der Waals surface area contributed by atoms with Crippen molar-refractivity contribution in [2.24, 2.45) is 11.8 Å². The van der Waals surface area contributed by atoms with E-state index in [0.29, 0.717) is 11.8 Å². The number of carbonyl (C=O) groups excluding carboxylic acids is 1. The number of carbonyl (C=O) groups is 1. The number of ether oxygens (including phenoxy) is 1. The lowest BCUT2D eigenvalue weighted by atomic mass is 9.85. The molecule has 2 atom stereocenters. The number of hydrogen-bond acceptors (Lipinski definition) is 3. The van der Waals surface area contributed by atoms with E-state index in [4.69, 9.17) is 4.74 Å². The van der Waals surface area contributed by atoms with Gasteiger partial charge < -0.3 is 20.1 Å². The third-order valence-corrected chi connectivity index (χ3v) is 5.15. The fourth-order valence-corrected chi connectivity index (χ4v) is 3.70. The average Bonchev–Trinajstić information content (AvgIpc) is 3.06. The van der Waals surface area contributed by atoms with Gasteiger partial charge in [0.1, 0.15) is 5.75 Å². The number of nitrogens with zero attached hydrogens (tertiary/aromatic N) is 1. The molecule has 3 rings (SSSR count). The van der Waals surface area contributed by atoms with Gasteiger partial charge in [-0.2, -0.15) is 0 Å². The Morgan fingerprint density at radius 3 is 2.83 bits per heavy atom. The molecule has 0 aromatic heterocycles. The Kier molecular flexibility index (Phi) is 5.06. The standard InChI is InChI=1S/C18H26N2O3/c1-13(15-3-2-4-17(21)11-15)19-18(22)20-8-5-16(12-20)14-6-9-23-10-7-14/h2-4,11,13-14,16,21H,5-10,12H2,1H3,(H,19,22)/t13-,16+/m1/s1. The first kappa shape index (κ1) is 16.1. The second-order valence-electron chi connectivity index (χ2n) is 6.71. The van der Waals surface area contributed by atoms with Crippen molar-refractivity contribution in [2.45, 2.75) is 32.2 Å². The summed E-state index contributed by atoms with van der Waals surface area (Å²) in [5, 5.41) is 12.6. The maximum atomic E-state index is 12.5. The van der Waals surface area contributed by atoms with Crippen molar-refractivity contribution in [3.05, 3.63) is 29.8 Å². The molecule has 2 N–H and O–H groups in total. The van der Waals surface area contributed by atoms with Crippen molar-refractivity contribution in [1.82, 2.24) is 10.2 Å². The molecule has 23 heavy (non-hydrogen) atoms. The molecule has 0 saturated carbocycles. The molecule has 0 spiro atoms. The molecule has 2 aliphatic rings. The van der Waals surface area contributed by atoms with E-state index < -0.39 is 0 Å². The molecule has 2 aliphatic heterocycles. The summed E-state index contributed by atoms with van der Waals surface area (Å²) in [4.78, 5) is 14.4. The highest BCUT2D eigenvalue weighted by Gasteiger charge is 2.33. The number of benzene rings is 1. The predicted molar refractivity (Wildman–Crippen MR) is 88.3 cm³/mol. The van der Waals surface area contributed by atoms with Crippen LogP contribution in [0.1, 0.15) is 37.8 Å². The van der Waals surface area contributed by atoms with Gasteiger partial charge in [-0.3, -0.25) is 0 Å². The lowest BCUT2D eigenvalue weighted by Crippen LogP contribution is -2.40. The van der Waals surface area contributed by atoms with Gasteiger partial charge in [-0.1, -0.05) is 12.1 Å². The Morgan fingerprint density at radius 2 is 2.09 bits per heavy atom. The van der Waals surface area contributed by atoms with Gasteiger partial charge in [0.05, 0.1) is 6.04 Å². The summed E-state index contributed by atoms with van der Waals surface area (Å²) < 4.78 is 5.43. The van der Waals surface area contributed by atoms with Gasteiger partial charge in [0.15, 0.2) is 0 Å². The Balaban J connectivity index is 1.52. The van der Waals surface area contributed by atoms with E-state index in [1.54, 1.807) is 18.2 Å². The van der Waals surface area contributed by atoms with Crippen molar-refractivity contribution in [3.63, 3.8) is 0 Å². The van der Waals surface area contributed by atoms with Crippen LogP contribution in [0.4, 0.5) is 4.79 Å². The Labute approximate surface area is 137 Å². The summed E-state index contributed by atoms with van der Waals surface area (Å²) >= 11 is 0. The maximum absolute atomic E-state index is 12.5. The summed E-state index contributed by atoms with van der Waals surface area (Å²) in [6, 6.07) is 6.92. The predicted octanol–water partition coefficient (Wildman–Crippen LogP) is 2.91. The number of urea groups is 1. The largest absolute Gasteiger partial charge is 0.508 e. The molecule has 5 heteroatoms. The second kappa shape index (κ2) is 7.21. The molecule has 2 saturated heterocycles. The first-order valence-corrected chi connectivity index (χ1v) is 8.55. The van der Waals surface area contributed by atoms with E-state index in [2.05, 4.69) is 5.32 Å². The number of phenols is 1. The van der Waals surface area contributed by atoms with Crippen LogP contribution in [0.3, 0.4) is 0 Å². The van der Waals surface area contributed by atoms with Gasteiger partial charge in [-0.15, -0.1) is 0 Å². The van der Waals surface area contributed by atoms with Gasteiger partial charge in [0.25, 0.3) is 0 Å². The number of nitrogens with one attached hydrogen (secondary N) is 1. The minimum atomic E-state index is -0.114. The molecule has 2 amide bonds. The van der Waals surface area contributed by atoms with E-state index >= 15 is 0 Å². The topological polar surface area (TPSA) is 61.8 Å². The quantitative estimate of drug-likeness (QED) is 0.901. The minimum Gasteiger partial charge on any atom is -0.508 e. The van der Waals surface area contributed by atoms with Crippen LogP contribution in [0.2, 0.25) is 0 Å². The molecular weight excluding hydrogens is 292 g/mol. The molecule has 5 nitrogen and oxygen atoms in total. The van der Waals surface area contributed by atoms with Crippen LogP contribution in [-0.4, -0.2) is 42.3 Å². The van der Waals surface area contributed by atoms with Crippen molar-refractivity contribution in [1.29, 1.82) is 0 Å². The van der Waals surface area contributed by atoms with Crippen LogP contribution >= 0.6 is 0 Å². The van der Waals surface area contributed by atoms with Crippen molar-refractivity contribution in [3.8, 4) is 5.75 Å². The van der Waals surface area contributed by atoms with Gasteiger partial charge in [-0.25, -0.2) is 4.79 Å². The van der Waals surface area contributed by atoms with Crippen LogP contribution in [0.25, 0.3) is 0 Å². The van der Waals surface area contributed by atoms with E-state index in [1.165, 1.54) is 0 Å². The zero-order chi connectivity index (χ0) is 16.2. The molecular formula is C18H26N2O3. The first-order chi connectivity index (χ1) is 11.1. The molecule has 126 valence electrons. The van der Waals surface area contributed by atoms with E-state index in [9.17, 15) is 9.90 Å². The smallest absolute Gasteiger partial charge is 0.317 e. The fourth-order valence-electron chi connectivity index (χ4n) is 3.70. The molecule has 2 heterocycles. The van der Waals surface area contributed by atoms with Crippen LogP contribution in [0.5, 0.6) is 5.75 Å². The van der Waals surface area contributed by atoms with Crippen molar-refractivity contribution < 1.29 is 14.6 Å². The zero-order valence-corrected chi connectivity index (χ0v) is 13.7. The summed E-state index contributed by atoms with van der Waals surface area (Å²) in [5.41, 5.74) is 0.915. The average molecular weight is 318 g/mol. The number of aromatic hydroxyl groups is 1. The number of likely N-dealkylation sites (tertiary alicyclic amines) is 1. The third-order valence-electron chi connectivity index (χ3n) is 5.15. The highest BCUT2D eigenvalue weighted by molar-refractivity contribution is 5.75. The molecule has 1 aromatic carbocycles. The molecule has 0 bridgehead atoms. The van der Waals surface area contributed by atoms with E-state index in [-0.39, 0.29) is 17.8 Å². The SMILES string of the molecule is C[C@@H](NC(=O)N1CC[C@H](C2CCOCC2)C1)c1cccc(O)c1. The molecule has 2 fully saturated rings. The fraction of sp³-hybridized carbons (Fsp3) is 0.611. The van der Waals surface area contributed by atoms with Crippen molar-refractivity contribution in [2.75, 3.05) is 26.3 Å². The van der Waals surface area contributed by atoms with Crippen LogP contribution in [0.15, 0.2) is 24.3 Å². The van der Waals surface area contributed by atoms with E-state index in [0.717, 1.165) is 51.1 Å². The maximum Gasteiger partial charge on any atom is 0.317 e.